The lowest BCUT2D eigenvalue weighted by Crippen LogP contribution is -2.41. The van der Waals surface area contributed by atoms with Crippen molar-refractivity contribution in [3.05, 3.63) is 70.7 Å². The van der Waals surface area contributed by atoms with Crippen LogP contribution in [0.25, 0.3) is 0 Å². The molecule has 112 valence electrons. The number of hydrogen-bond donors (Lipinski definition) is 1. The molecular formula is C17H15ClN2O2. The van der Waals surface area contributed by atoms with Crippen molar-refractivity contribution < 1.29 is 9.59 Å². The molecular weight excluding hydrogens is 300 g/mol. The largest absolute Gasteiger partial charge is 0.325 e. The lowest BCUT2D eigenvalue weighted by atomic mass is 9.92. The van der Waals surface area contributed by atoms with Crippen molar-refractivity contribution in [2.45, 2.75) is 19.0 Å². The van der Waals surface area contributed by atoms with Gasteiger partial charge >= 0.3 is 6.03 Å². The highest BCUT2D eigenvalue weighted by atomic mass is 35.5. The molecule has 1 atom stereocenters. The molecule has 0 spiro atoms. The number of benzene rings is 2. The summed E-state index contributed by atoms with van der Waals surface area (Å²) >= 11 is 6.19. The zero-order valence-electron chi connectivity index (χ0n) is 12.0. The maximum absolute atomic E-state index is 12.8. The van der Waals surface area contributed by atoms with E-state index in [4.69, 9.17) is 11.6 Å². The van der Waals surface area contributed by atoms with Gasteiger partial charge in [0.2, 0.25) is 0 Å². The van der Waals surface area contributed by atoms with E-state index in [0.29, 0.717) is 10.6 Å². The fraction of sp³-hybridized carbons (Fsp3) is 0.176. The minimum atomic E-state index is -1.13. The number of carbonyl (C=O) groups is 2. The first-order valence-corrected chi connectivity index (χ1v) is 7.33. The second-order valence-electron chi connectivity index (χ2n) is 5.41. The van der Waals surface area contributed by atoms with Gasteiger partial charge in [-0.05, 0) is 18.6 Å². The summed E-state index contributed by atoms with van der Waals surface area (Å²) in [7, 11) is 0. The summed E-state index contributed by atoms with van der Waals surface area (Å²) in [5, 5.41) is 3.22. The summed E-state index contributed by atoms with van der Waals surface area (Å²) in [6.45, 7) is 1.92. The van der Waals surface area contributed by atoms with Crippen molar-refractivity contribution in [1.29, 1.82) is 0 Å². The average Bonchev–Trinajstić information content (AvgIpc) is 2.73. The van der Waals surface area contributed by atoms with E-state index < -0.39 is 11.6 Å². The summed E-state index contributed by atoms with van der Waals surface area (Å²) in [4.78, 5) is 26.2. The lowest BCUT2D eigenvalue weighted by Gasteiger charge is -2.23. The number of nitrogens with one attached hydrogen (secondary N) is 1. The molecule has 1 aliphatic rings. The molecule has 5 heteroatoms. The van der Waals surface area contributed by atoms with Crippen LogP contribution in [0.5, 0.6) is 0 Å². The second kappa shape index (κ2) is 5.46. The first kappa shape index (κ1) is 14.6. The summed E-state index contributed by atoms with van der Waals surface area (Å²) in [6, 6.07) is 16.1. The number of nitrogens with zero attached hydrogens (tertiary/aromatic N) is 1. The topological polar surface area (TPSA) is 49.4 Å². The Hall–Kier alpha value is -2.33. The molecule has 4 nitrogen and oxygen atoms in total. The quantitative estimate of drug-likeness (QED) is 0.884. The number of hydrogen-bond acceptors (Lipinski definition) is 2. The molecule has 2 aromatic rings. The molecule has 0 aromatic heterocycles. The summed E-state index contributed by atoms with van der Waals surface area (Å²) in [6.07, 6.45) is 0. The predicted octanol–water partition coefficient (Wildman–Crippen LogP) is 3.31. The Morgan fingerprint density at radius 1 is 1.05 bits per heavy atom. The fourth-order valence-corrected chi connectivity index (χ4v) is 2.98. The molecule has 1 saturated heterocycles. The van der Waals surface area contributed by atoms with Crippen molar-refractivity contribution in [2.24, 2.45) is 0 Å². The van der Waals surface area contributed by atoms with Crippen molar-refractivity contribution in [3.8, 4) is 0 Å². The van der Waals surface area contributed by atoms with Crippen LogP contribution < -0.4 is 5.32 Å². The van der Waals surface area contributed by atoms with Gasteiger partial charge in [-0.15, -0.1) is 0 Å². The Morgan fingerprint density at radius 3 is 2.36 bits per heavy atom. The van der Waals surface area contributed by atoms with Crippen LogP contribution >= 0.6 is 11.6 Å². The maximum atomic E-state index is 12.8. The van der Waals surface area contributed by atoms with Crippen LogP contribution in [0.15, 0.2) is 54.6 Å². The van der Waals surface area contributed by atoms with E-state index in [9.17, 15) is 9.59 Å². The lowest BCUT2D eigenvalue weighted by molar-refractivity contribution is -0.131. The predicted molar refractivity (Wildman–Crippen MR) is 84.3 cm³/mol. The highest BCUT2D eigenvalue weighted by Gasteiger charge is 2.49. The molecule has 22 heavy (non-hydrogen) atoms. The number of amides is 3. The first-order valence-electron chi connectivity index (χ1n) is 6.95. The van der Waals surface area contributed by atoms with E-state index >= 15 is 0 Å². The molecule has 0 aliphatic carbocycles. The van der Waals surface area contributed by atoms with Crippen LogP contribution in [0, 0.1) is 0 Å². The van der Waals surface area contributed by atoms with E-state index in [1.165, 1.54) is 4.90 Å². The van der Waals surface area contributed by atoms with Crippen molar-refractivity contribution in [2.75, 3.05) is 0 Å². The Balaban J connectivity index is 1.93. The van der Waals surface area contributed by atoms with Gasteiger partial charge in [0.25, 0.3) is 5.91 Å². The molecule has 2 aromatic carbocycles. The van der Waals surface area contributed by atoms with Gasteiger partial charge in [0.15, 0.2) is 0 Å². The molecule has 0 bridgehead atoms. The van der Waals surface area contributed by atoms with Crippen molar-refractivity contribution in [1.82, 2.24) is 10.2 Å². The third-order valence-electron chi connectivity index (χ3n) is 3.87. The third-order valence-corrected chi connectivity index (χ3v) is 4.20. The van der Waals surface area contributed by atoms with Crippen LogP contribution in [0.4, 0.5) is 4.79 Å². The monoisotopic (exact) mass is 314 g/mol. The van der Waals surface area contributed by atoms with E-state index in [-0.39, 0.29) is 12.5 Å². The van der Waals surface area contributed by atoms with Crippen LogP contribution in [0.3, 0.4) is 0 Å². The smallest absolute Gasteiger partial charge is 0.319 e. The van der Waals surface area contributed by atoms with Gasteiger partial charge in [0.05, 0.1) is 6.54 Å². The number of urea groups is 1. The zero-order valence-corrected chi connectivity index (χ0v) is 12.8. The van der Waals surface area contributed by atoms with Crippen molar-refractivity contribution in [3.63, 3.8) is 0 Å². The van der Waals surface area contributed by atoms with Crippen molar-refractivity contribution >= 4 is 23.5 Å². The summed E-state index contributed by atoms with van der Waals surface area (Å²) < 4.78 is 0. The number of carbonyl (C=O) groups excluding carboxylic acids is 2. The van der Waals surface area contributed by atoms with Gasteiger partial charge in [-0.1, -0.05) is 60.1 Å². The second-order valence-corrected chi connectivity index (χ2v) is 5.82. The fourth-order valence-electron chi connectivity index (χ4n) is 2.66. The SMILES string of the molecule is CC1(c2ccccc2Cl)NC(=O)N(Cc2ccccc2)C1=O. The Kier molecular flexibility index (Phi) is 3.62. The van der Waals surface area contributed by atoms with Crippen LogP contribution in [-0.2, 0) is 16.9 Å². The molecule has 1 aliphatic heterocycles. The molecule has 3 amide bonds. The van der Waals surface area contributed by atoms with E-state index in [1.54, 1.807) is 31.2 Å². The van der Waals surface area contributed by atoms with E-state index in [1.807, 2.05) is 30.3 Å². The Bertz CT molecular complexity index is 732. The minimum absolute atomic E-state index is 0.242. The first-order chi connectivity index (χ1) is 10.5. The highest BCUT2D eigenvalue weighted by Crippen LogP contribution is 2.33. The van der Waals surface area contributed by atoms with Crippen LogP contribution in [-0.4, -0.2) is 16.8 Å². The molecule has 1 heterocycles. The molecule has 1 fully saturated rings. The molecule has 1 N–H and O–H groups in total. The maximum Gasteiger partial charge on any atom is 0.325 e. The average molecular weight is 315 g/mol. The Labute approximate surface area is 133 Å². The molecule has 0 radical (unpaired) electrons. The van der Waals surface area contributed by atoms with Gasteiger partial charge in [-0.2, -0.15) is 0 Å². The van der Waals surface area contributed by atoms with Gasteiger partial charge < -0.3 is 5.32 Å². The van der Waals surface area contributed by atoms with Gasteiger partial charge in [0.1, 0.15) is 5.54 Å². The molecule has 1 unspecified atom stereocenters. The number of halogens is 1. The highest BCUT2D eigenvalue weighted by molar-refractivity contribution is 6.32. The standard InChI is InChI=1S/C17H15ClN2O2/c1-17(13-9-5-6-10-14(13)18)15(21)20(16(22)19-17)11-12-7-3-2-4-8-12/h2-10H,11H2,1H3,(H,19,22). The van der Waals surface area contributed by atoms with E-state index in [0.717, 1.165) is 5.56 Å². The number of imide groups is 1. The third kappa shape index (κ3) is 2.35. The van der Waals surface area contributed by atoms with Crippen LogP contribution in [0.1, 0.15) is 18.1 Å². The summed E-state index contributed by atoms with van der Waals surface area (Å²) in [5.74, 6) is -0.297. The normalized spacial score (nSPS) is 21.1. The minimum Gasteiger partial charge on any atom is -0.319 e. The zero-order chi connectivity index (χ0) is 15.7. The van der Waals surface area contributed by atoms with E-state index in [2.05, 4.69) is 5.32 Å². The van der Waals surface area contributed by atoms with Crippen LogP contribution in [0.2, 0.25) is 5.02 Å². The Morgan fingerprint density at radius 2 is 1.68 bits per heavy atom. The number of rotatable bonds is 3. The summed E-state index contributed by atoms with van der Waals surface area (Å²) in [5.41, 5.74) is 0.365. The van der Waals surface area contributed by atoms with Gasteiger partial charge in [-0.25, -0.2) is 4.79 Å². The van der Waals surface area contributed by atoms with Gasteiger partial charge in [-0.3, -0.25) is 9.69 Å². The van der Waals surface area contributed by atoms with Gasteiger partial charge in [0, 0.05) is 10.6 Å². The molecule has 3 rings (SSSR count). The molecule has 0 saturated carbocycles.